The molecule has 8 heteroatoms. The van der Waals surface area contributed by atoms with Crippen molar-refractivity contribution in [1.29, 1.82) is 0 Å². The molecule has 8 nitrogen and oxygen atoms in total. The highest BCUT2D eigenvalue weighted by atomic mass is 16.2. The summed E-state index contributed by atoms with van der Waals surface area (Å²) in [7, 11) is 0. The molecule has 0 saturated carbocycles. The number of hydrogen-bond donors (Lipinski definition) is 0. The van der Waals surface area contributed by atoms with E-state index in [1.807, 2.05) is 6.07 Å². The number of benzene rings is 2. The first-order valence-corrected chi connectivity index (χ1v) is 10.3. The number of para-hydroxylation sites is 1. The first-order chi connectivity index (χ1) is 15.6. The molecule has 1 aliphatic rings. The van der Waals surface area contributed by atoms with Gasteiger partial charge in [0.15, 0.2) is 0 Å². The van der Waals surface area contributed by atoms with Crippen LogP contribution in [-0.4, -0.2) is 42.8 Å². The maximum absolute atomic E-state index is 13.2. The summed E-state index contributed by atoms with van der Waals surface area (Å²) in [5.41, 5.74) is 1.23. The van der Waals surface area contributed by atoms with Gasteiger partial charge in [-0.2, -0.15) is 0 Å². The quantitative estimate of drug-likeness (QED) is 0.440. The molecule has 32 heavy (non-hydrogen) atoms. The average Bonchev–Trinajstić information content (AvgIpc) is 3.07. The number of carbonyl (C=O) groups is 2. The lowest BCUT2D eigenvalue weighted by Gasteiger charge is -2.17. The minimum Gasteiger partial charge on any atom is -0.296 e. The van der Waals surface area contributed by atoms with Crippen LogP contribution >= 0.6 is 0 Å². The van der Waals surface area contributed by atoms with Gasteiger partial charge in [-0.3, -0.25) is 23.9 Å². The predicted molar refractivity (Wildman–Crippen MR) is 117 cm³/mol. The van der Waals surface area contributed by atoms with Crippen molar-refractivity contribution in [2.24, 2.45) is 0 Å². The number of rotatable bonds is 6. The molecule has 1 aliphatic heterocycles. The summed E-state index contributed by atoms with van der Waals surface area (Å²) in [6.07, 6.45) is 4.04. The van der Waals surface area contributed by atoms with E-state index in [4.69, 9.17) is 0 Å². The van der Waals surface area contributed by atoms with Gasteiger partial charge in [0.2, 0.25) is 0 Å². The molecule has 3 heterocycles. The largest absolute Gasteiger partial charge is 0.296 e. The van der Waals surface area contributed by atoms with E-state index in [0.29, 0.717) is 46.6 Å². The third-order valence-electron chi connectivity index (χ3n) is 5.56. The molecule has 0 N–H and O–H groups in total. The number of hydrogen-bond acceptors (Lipinski definition) is 6. The number of imide groups is 1. The van der Waals surface area contributed by atoms with Crippen LogP contribution in [0.4, 0.5) is 0 Å². The molecule has 0 spiro atoms. The van der Waals surface area contributed by atoms with Gasteiger partial charge in [0, 0.05) is 38.3 Å². The van der Waals surface area contributed by atoms with E-state index in [9.17, 15) is 14.4 Å². The second-order valence-electron chi connectivity index (χ2n) is 7.47. The summed E-state index contributed by atoms with van der Waals surface area (Å²) in [5.74, 6) is 0.496. The van der Waals surface area contributed by atoms with Gasteiger partial charge in [0.05, 0.1) is 22.0 Å². The van der Waals surface area contributed by atoms with Crippen molar-refractivity contribution >= 4 is 22.7 Å². The molecule has 0 fully saturated rings. The van der Waals surface area contributed by atoms with Crippen molar-refractivity contribution in [3.63, 3.8) is 0 Å². The summed E-state index contributed by atoms with van der Waals surface area (Å²) < 4.78 is 1.59. The zero-order valence-electron chi connectivity index (χ0n) is 17.1. The molecular formula is C24H19N5O3. The SMILES string of the molecule is O=C1c2ccccc2C(=O)N1CCc1nc2ccccc2c(=O)n1CCc1ncccn1. The first-order valence-electron chi connectivity index (χ1n) is 10.3. The first kappa shape index (κ1) is 19.7. The van der Waals surface area contributed by atoms with Crippen molar-refractivity contribution in [3.05, 3.63) is 100 Å². The Morgan fingerprint density at radius 3 is 2.09 bits per heavy atom. The molecule has 158 valence electrons. The van der Waals surface area contributed by atoms with Crippen molar-refractivity contribution in [3.8, 4) is 0 Å². The van der Waals surface area contributed by atoms with Crippen molar-refractivity contribution in [2.75, 3.05) is 6.54 Å². The predicted octanol–water partition coefficient (Wildman–Crippen LogP) is 2.27. The number of carbonyl (C=O) groups excluding carboxylic acids is 2. The highest BCUT2D eigenvalue weighted by Crippen LogP contribution is 2.22. The number of nitrogens with zero attached hydrogens (tertiary/aromatic N) is 5. The third-order valence-corrected chi connectivity index (χ3v) is 5.56. The fourth-order valence-electron chi connectivity index (χ4n) is 3.96. The van der Waals surface area contributed by atoms with E-state index in [0.717, 1.165) is 0 Å². The van der Waals surface area contributed by atoms with Crippen LogP contribution in [0.25, 0.3) is 10.9 Å². The highest BCUT2D eigenvalue weighted by Gasteiger charge is 2.34. The summed E-state index contributed by atoms with van der Waals surface area (Å²) in [4.78, 5) is 53.0. The lowest BCUT2D eigenvalue weighted by atomic mass is 10.1. The Morgan fingerprint density at radius 1 is 0.719 bits per heavy atom. The minimum absolute atomic E-state index is 0.138. The van der Waals surface area contributed by atoms with Gasteiger partial charge in [0.1, 0.15) is 11.6 Å². The van der Waals surface area contributed by atoms with E-state index in [1.165, 1.54) is 4.90 Å². The molecule has 0 radical (unpaired) electrons. The van der Waals surface area contributed by atoms with E-state index < -0.39 is 0 Å². The number of aromatic nitrogens is 4. The lowest BCUT2D eigenvalue weighted by Crippen LogP contribution is -2.34. The van der Waals surface area contributed by atoms with Crippen LogP contribution in [0, 0.1) is 0 Å². The third kappa shape index (κ3) is 3.45. The number of amides is 2. The summed E-state index contributed by atoms with van der Waals surface area (Å²) in [6, 6.07) is 15.7. The molecule has 2 aromatic carbocycles. The monoisotopic (exact) mass is 425 g/mol. The van der Waals surface area contributed by atoms with Gasteiger partial charge < -0.3 is 0 Å². The molecule has 0 unspecified atom stereocenters. The average molecular weight is 425 g/mol. The van der Waals surface area contributed by atoms with E-state index in [-0.39, 0.29) is 30.3 Å². The van der Waals surface area contributed by atoms with Gasteiger partial charge in [0.25, 0.3) is 17.4 Å². The maximum Gasteiger partial charge on any atom is 0.261 e. The second-order valence-corrected chi connectivity index (χ2v) is 7.47. The molecular weight excluding hydrogens is 406 g/mol. The minimum atomic E-state index is -0.321. The maximum atomic E-state index is 13.2. The Balaban J connectivity index is 1.46. The van der Waals surface area contributed by atoms with Crippen LogP contribution < -0.4 is 5.56 Å². The van der Waals surface area contributed by atoms with Crippen LogP contribution in [0.1, 0.15) is 32.4 Å². The van der Waals surface area contributed by atoms with Gasteiger partial charge in [-0.25, -0.2) is 15.0 Å². The molecule has 4 aromatic rings. The Labute approximate surface area is 183 Å². The normalized spacial score (nSPS) is 13.1. The highest BCUT2D eigenvalue weighted by molar-refractivity contribution is 6.21. The smallest absolute Gasteiger partial charge is 0.261 e. The molecule has 5 rings (SSSR count). The summed E-state index contributed by atoms with van der Waals surface area (Å²) in [6.45, 7) is 0.483. The second kappa shape index (κ2) is 8.14. The van der Waals surface area contributed by atoms with Gasteiger partial charge >= 0.3 is 0 Å². The van der Waals surface area contributed by atoms with E-state index >= 15 is 0 Å². The Hall–Kier alpha value is -4.20. The van der Waals surface area contributed by atoms with Crippen LogP contribution in [0.3, 0.4) is 0 Å². The zero-order valence-corrected chi connectivity index (χ0v) is 17.1. The van der Waals surface area contributed by atoms with Gasteiger partial charge in [-0.1, -0.05) is 24.3 Å². The zero-order chi connectivity index (χ0) is 22.1. The standard InChI is InChI=1S/C24H19N5O3/c30-22-16-6-1-2-7-17(16)23(31)29(22)15-11-21-27-19-9-4-3-8-18(19)24(32)28(21)14-10-20-25-12-5-13-26-20/h1-9,12-13H,10-11,14-15H2. The molecule has 2 aromatic heterocycles. The topological polar surface area (TPSA) is 98.1 Å². The molecule has 2 amide bonds. The van der Waals surface area contributed by atoms with Crippen LogP contribution in [0.15, 0.2) is 71.8 Å². The van der Waals surface area contributed by atoms with Crippen LogP contribution in [0.5, 0.6) is 0 Å². The van der Waals surface area contributed by atoms with Crippen LogP contribution in [-0.2, 0) is 19.4 Å². The Kier molecular flexibility index (Phi) is 5.03. The van der Waals surface area contributed by atoms with Gasteiger partial charge in [-0.15, -0.1) is 0 Å². The van der Waals surface area contributed by atoms with Gasteiger partial charge in [-0.05, 0) is 30.3 Å². The molecule has 0 atom stereocenters. The Bertz CT molecular complexity index is 1360. The molecule has 0 aliphatic carbocycles. The lowest BCUT2D eigenvalue weighted by molar-refractivity contribution is 0.0655. The number of fused-ring (bicyclic) bond motifs is 2. The van der Waals surface area contributed by atoms with Crippen LogP contribution in [0.2, 0.25) is 0 Å². The van der Waals surface area contributed by atoms with Crippen molar-refractivity contribution < 1.29 is 9.59 Å². The van der Waals surface area contributed by atoms with E-state index in [2.05, 4.69) is 15.0 Å². The summed E-state index contributed by atoms with van der Waals surface area (Å²) in [5, 5.41) is 0.519. The Morgan fingerprint density at radius 2 is 1.38 bits per heavy atom. The molecule has 0 bridgehead atoms. The van der Waals surface area contributed by atoms with Crippen molar-refractivity contribution in [2.45, 2.75) is 19.4 Å². The fourth-order valence-corrected chi connectivity index (χ4v) is 3.96. The van der Waals surface area contributed by atoms with Crippen molar-refractivity contribution in [1.82, 2.24) is 24.4 Å². The molecule has 0 saturated heterocycles. The van der Waals surface area contributed by atoms with E-state index in [1.54, 1.807) is 65.5 Å². The summed E-state index contributed by atoms with van der Waals surface area (Å²) >= 11 is 0. The fraction of sp³-hybridized carbons (Fsp3) is 0.167. The number of aryl methyl sites for hydroxylation is 1.